The van der Waals surface area contributed by atoms with Crippen LogP contribution >= 0.6 is 0 Å². The maximum absolute atomic E-state index is 12.1. The van der Waals surface area contributed by atoms with Crippen LogP contribution < -0.4 is 45.8 Å². The number of amides is 1. The predicted octanol–water partition coefficient (Wildman–Crippen LogP) is 5.49. The molecule has 5 aromatic rings. The van der Waals surface area contributed by atoms with Crippen molar-refractivity contribution in [2.75, 3.05) is 51.4 Å². The third kappa shape index (κ3) is 8.28. The highest BCUT2D eigenvalue weighted by Gasteiger charge is 2.14. The lowest BCUT2D eigenvalue weighted by molar-refractivity contribution is 0.0964. The van der Waals surface area contributed by atoms with Crippen molar-refractivity contribution in [3.05, 3.63) is 100 Å². The first-order valence-electron chi connectivity index (χ1n) is 14.7. The lowest BCUT2D eigenvalue weighted by Crippen LogP contribution is -2.19. The van der Waals surface area contributed by atoms with Crippen molar-refractivity contribution in [3.8, 4) is 23.0 Å². The molecule has 0 radical (unpaired) electrons. The molecule has 14 nitrogen and oxygen atoms in total. The Balaban J connectivity index is 0.000000237. The minimum Gasteiger partial charge on any atom is -0.493 e. The van der Waals surface area contributed by atoms with Crippen molar-refractivity contribution < 1.29 is 23.7 Å². The maximum Gasteiger partial charge on any atom is 0.255 e. The summed E-state index contributed by atoms with van der Waals surface area (Å²) in [4.78, 5) is 39.3. The van der Waals surface area contributed by atoms with Gasteiger partial charge in [0.1, 0.15) is 5.82 Å². The Hall–Kier alpha value is -6.31. The number of hydrogen-bond donors (Lipinski definition) is 5. The van der Waals surface area contributed by atoms with Crippen LogP contribution in [0.2, 0.25) is 0 Å². The Labute approximate surface area is 277 Å². The third-order valence-electron chi connectivity index (χ3n) is 6.91. The number of aromatic amines is 1. The van der Waals surface area contributed by atoms with Crippen LogP contribution in [0, 0.1) is 13.8 Å². The predicted molar refractivity (Wildman–Crippen MR) is 185 cm³/mol. The van der Waals surface area contributed by atoms with E-state index in [0.29, 0.717) is 68.9 Å². The summed E-state index contributed by atoms with van der Waals surface area (Å²) < 4.78 is 21.3. The van der Waals surface area contributed by atoms with Crippen molar-refractivity contribution >= 4 is 40.7 Å². The molecule has 0 aliphatic heterocycles. The molecular weight excluding hydrogens is 616 g/mol. The average molecular weight is 655 g/mol. The fraction of sp³-hybridized carbons (Fsp3) is 0.206. The van der Waals surface area contributed by atoms with E-state index in [4.69, 9.17) is 18.9 Å². The molecule has 0 fully saturated rings. The van der Waals surface area contributed by atoms with Crippen LogP contribution in [0.5, 0.6) is 23.0 Å². The number of aryl methyl sites for hydroxylation is 2. The standard InChI is InChI=1S/C21H23N5O3.C13H15N3O3/c1-13-12-23-21(25-16-10-7-11-17(28-3)18(16)29-4)26-19(13)24-15-9-6-5-8-14(15)20(27)22-2;1-8-7-14-13(16-12(8)17)15-9-5-4-6-10(18-2)11(9)19-3/h5-12H,1-4H3,(H,22,27)(H2,23,24,25,26);4-7H,1-3H3,(H2,14,15,16,17). The Morgan fingerprint density at radius 1 is 0.688 bits per heavy atom. The first-order valence-corrected chi connectivity index (χ1v) is 14.7. The van der Waals surface area contributed by atoms with E-state index in [0.717, 1.165) is 5.56 Å². The van der Waals surface area contributed by atoms with Gasteiger partial charge in [-0.05, 0) is 50.2 Å². The molecule has 0 saturated carbocycles. The zero-order valence-electron chi connectivity index (χ0n) is 27.7. The van der Waals surface area contributed by atoms with Gasteiger partial charge in [-0.1, -0.05) is 24.3 Å². The van der Waals surface area contributed by atoms with E-state index in [1.54, 1.807) is 66.8 Å². The number of benzene rings is 3. The lowest BCUT2D eigenvalue weighted by Gasteiger charge is -2.15. The summed E-state index contributed by atoms with van der Waals surface area (Å²) in [5, 5.41) is 12.0. The van der Waals surface area contributed by atoms with E-state index in [1.165, 1.54) is 6.20 Å². The van der Waals surface area contributed by atoms with E-state index >= 15 is 0 Å². The van der Waals surface area contributed by atoms with Crippen molar-refractivity contribution in [1.29, 1.82) is 0 Å². The van der Waals surface area contributed by atoms with E-state index in [9.17, 15) is 9.59 Å². The number of hydrogen-bond acceptors (Lipinski definition) is 12. The first kappa shape index (κ1) is 34.6. The summed E-state index contributed by atoms with van der Waals surface area (Å²) in [6, 6.07) is 18.1. The SMILES string of the molecule is CNC(=O)c1ccccc1Nc1nc(Nc2cccc(OC)c2OC)ncc1C.COc1cccc(Nc2ncc(C)c(=O)[nH]2)c1OC. The average Bonchev–Trinajstić information content (AvgIpc) is 3.11. The molecule has 5 rings (SSSR count). The van der Waals surface area contributed by atoms with E-state index in [2.05, 4.69) is 41.2 Å². The molecule has 3 aromatic carbocycles. The van der Waals surface area contributed by atoms with Gasteiger partial charge < -0.3 is 40.2 Å². The van der Waals surface area contributed by atoms with Crippen molar-refractivity contribution in [2.45, 2.75) is 13.8 Å². The summed E-state index contributed by atoms with van der Waals surface area (Å²) in [5.74, 6) is 3.43. The van der Waals surface area contributed by atoms with E-state index in [1.807, 2.05) is 49.4 Å². The van der Waals surface area contributed by atoms with Gasteiger partial charge in [0, 0.05) is 30.6 Å². The highest BCUT2D eigenvalue weighted by Crippen LogP contribution is 2.37. The first-order chi connectivity index (χ1) is 23.2. The van der Waals surface area contributed by atoms with Crippen LogP contribution in [0.3, 0.4) is 0 Å². The molecule has 48 heavy (non-hydrogen) atoms. The second-order valence-corrected chi connectivity index (χ2v) is 10.1. The third-order valence-corrected chi connectivity index (χ3v) is 6.91. The van der Waals surface area contributed by atoms with Gasteiger partial charge >= 0.3 is 0 Å². The number of carbonyl (C=O) groups excluding carboxylic acids is 1. The molecule has 0 atom stereocenters. The maximum atomic E-state index is 12.1. The molecular formula is C34H38N8O6. The zero-order valence-corrected chi connectivity index (χ0v) is 27.7. The van der Waals surface area contributed by atoms with Gasteiger partial charge in [-0.2, -0.15) is 4.98 Å². The number of rotatable bonds is 11. The molecule has 0 unspecified atom stereocenters. The molecule has 0 bridgehead atoms. The zero-order chi connectivity index (χ0) is 34.6. The van der Waals surface area contributed by atoms with Gasteiger partial charge in [0.2, 0.25) is 11.9 Å². The van der Waals surface area contributed by atoms with E-state index < -0.39 is 0 Å². The second kappa shape index (κ2) is 16.3. The minimum absolute atomic E-state index is 0.181. The number of para-hydroxylation sites is 3. The fourth-order valence-corrected chi connectivity index (χ4v) is 4.42. The number of nitrogens with one attached hydrogen (secondary N) is 5. The van der Waals surface area contributed by atoms with Crippen LogP contribution in [-0.2, 0) is 0 Å². The van der Waals surface area contributed by atoms with Crippen LogP contribution in [0.1, 0.15) is 21.5 Å². The normalized spacial score (nSPS) is 10.1. The van der Waals surface area contributed by atoms with Gasteiger partial charge in [-0.3, -0.25) is 14.6 Å². The largest absolute Gasteiger partial charge is 0.493 e. The second-order valence-electron chi connectivity index (χ2n) is 10.1. The molecule has 250 valence electrons. The summed E-state index contributed by atoms with van der Waals surface area (Å²) >= 11 is 0. The monoisotopic (exact) mass is 654 g/mol. The Morgan fingerprint density at radius 3 is 1.85 bits per heavy atom. The number of methoxy groups -OCH3 is 4. The van der Waals surface area contributed by atoms with Gasteiger partial charge in [-0.25, -0.2) is 9.97 Å². The van der Waals surface area contributed by atoms with Crippen molar-refractivity contribution in [2.24, 2.45) is 0 Å². The van der Waals surface area contributed by atoms with Crippen molar-refractivity contribution in [3.63, 3.8) is 0 Å². The number of nitrogens with zero attached hydrogens (tertiary/aromatic N) is 3. The Morgan fingerprint density at radius 2 is 1.27 bits per heavy atom. The number of H-pyrrole nitrogens is 1. The number of carbonyl (C=O) groups is 1. The topological polar surface area (TPSA) is 174 Å². The molecule has 0 aliphatic carbocycles. The number of ether oxygens (including phenoxy) is 4. The van der Waals surface area contributed by atoms with Gasteiger partial charge in [0.05, 0.1) is 51.1 Å². The molecule has 14 heteroatoms. The van der Waals surface area contributed by atoms with Crippen LogP contribution in [0.4, 0.5) is 34.8 Å². The van der Waals surface area contributed by atoms with Gasteiger partial charge in [0.15, 0.2) is 23.0 Å². The molecule has 2 heterocycles. The highest BCUT2D eigenvalue weighted by atomic mass is 16.5. The molecule has 0 saturated heterocycles. The smallest absolute Gasteiger partial charge is 0.255 e. The summed E-state index contributed by atoms with van der Waals surface area (Å²) in [5.41, 5.74) is 3.72. The van der Waals surface area contributed by atoms with Crippen LogP contribution in [0.25, 0.3) is 0 Å². The quantitative estimate of drug-likeness (QED) is 0.121. The fourth-order valence-electron chi connectivity index (χ4n) is 4.42. The lowest BCUT2D eigenvalue weighted by atomic mass is 10.1. The van der Waals surface area contributed by atoms with E-state index in [-0.39, 0.29) is 11.5 Å². The Bertz CT molecular complexity index is 1930. The number of aromatic nitrogens is 4. The highest BCUT2D eigenvalue weighted by molar-refractivity contribution is 6.00. The Kier molecular flexibility index (Phi) is 11.7. The van der Waals surface area contributed by atoms with Gasteiger partial charge in [-0.15, -0.1) is 0 Å². The summed E-state index contributed by atoms with van der Waals surface area (Å²) in [6.07, 6.45) is 3.21. The summed E-state index contributed by atoms with van der Waals surface area (Å²) in [7, 11) is 7.86. The van der Waals surface area contributed by atoms with Gasteiger partial charge in [0.25, 0.3) is 11.5 Å². The molecule has 0 spiro atoms. The van der Waals surface area contributed by atoms with Crippen molar-refractivity contribution in [1.82, 2.24) is 25.3 Å². The molecule has 2 aromatic heterocycles. The molecule has 0 aliphatic rings. The number of anilines is 6. The summed E-state index contributed by atoms with van der Waals surface area (Å²) in [6.45, 7) is 3.59. The molecule has 1 amide bonds. The van der Waals surface area contributed by atoms with Crippen LogP contribution in [-0.4, -0.2) is 61.3 Å². The molecule has 5 N–H and O–H groups in total. The minimum atomic E-state index is -0.181. The van der Waals surface area contributed by atoms with Crippen LogP contribution in [0.15, 0.2) is 77.9 Å².